The van der Waals surface area contributed by atoms with Crippen molar-refractivity contribution >= 4 is 29.5 Å². The van der Waals surface area contributed by atoms with Gasteiger partial charge < -0.3 is 15.6 Å². The fourth-order valence-electron chi connectivity index (χ4n) is 6.00. The van der Waals surface area contributed by atoms with E-state index in [0.717, 1.165) is 65.2 Å². The predicted molar refractivity (Wildman–Crippen MR) is 189 cm³/mol. The lowest BCUT2D eigenvalue weighted by Gasteiger charge is -2.14. The molecule has 0 bridgehead atoms. The summed E-state index contributed by atoms with van der Waals surface area (Å²) >= 11 is 0. The number of nitrogen functional groups attached to an aromatic ring is 1. The summed E-state index contributed by atoms with van der Waals surface area (Å²) in [7, 11) is 0. The van der Waals surface area contributed by atoms with Crippen LogP contribution in [0.4, 0.5) is 5.69 Å². The van der Waals surface area contributed by atoms with Gasteiger partial charge in [-0.1, -0.05) is 62.3 Å². The van der Waals surface area contributed by atoms with E-state index in [9.17, 15) is 4.79 Å². The van der Waals surface area contributed by atoms with Crippen molar-refractivity contribution in [3.05, 3.63) is 119 Å². The highest BCUT2D eigenvalue weighted by atomic mass is 35.5. The van der Waals surface area contributed by atoms with E-state index in [1.165, 1.54) is 22.3 Å². The Hall–Kier alpha value is -5.06. The number of hydrogen-bond acceptors (Lipinski definition) is 8. The molecule has 0 saturated heterocycles. The Morgan fingerprint density at radius 3 is 2.48 bits per heavy atom. The minimum absolute atomic E-state index is 0. The van der Waals surface area contributed by atoms with Crippen molar-refractivity contribution in [1.82, 2.24) is 35.0 Å². The molecule has 0 aliphatic carbocycles. The van der Waals surface area contributed by atoms with Crippen LogP contribution < -0.4 is 11.1 Å². The van der Waals surface area contributed by atoms with Crippen LogP contribution in [0.5, 0.6) is 0 Å². The Morgan fingerprint density at radius 1 is 0.958 bits per heavy atom. The van der Waals surface area contributed by atoms with Crippen molar-refractivity contribution in [2.24, 2.45) is 0 Å². The fourth-order valence-corrected chi connectivity index (χ4v) is 6.00. The third-order valence-electron chi connectivity index (χ3n) is 8.76. The molecule has 1 aliphatic heterocycles. The van der Waals surface area contributed by atoms with Crippen LogP contribution in [0.15, 0.2) is 83.8 Å². The Balaban J connectivity index is 0.00000401. The average molecular weight is 663 g/mol. The molecule has 11 heteroatoms. The Morgan fingerprint density at radius 2 is 1.73 bits per heavy atom. The molecule has 0 radical (unpaired) electrons. The Kier molecular flexibility index (Phi) is 9.05. The van der Waals surface area contributed by atoms with E-state index in [1.54, 1.807) is 6.33 Å². The molecule has 3 N–H and O–H groups in total. The van der Waals surface area contributed by atoms with E-state index in [1.807, 2.05) is 56.5 Å². The number of halogens is 1. The second-order valence-corrected chi connectivity index (χ2v) is 13.4. The first-order chi connectivity index (χ1) is 22.6. The van der Waals surface area contributed by atoms with E-state index in [-0.39, 0.29) is 29.6 Å². The SMILES string of the molecule is Cc1cc(-c2ncnn3cc(-c4ccc5c(c4)CN(CCc4ccc(N)cc4)C5)cc23)ccc1CNC(=O)c1noc(C(C)(C)C)n1.Cl. The molecular weight excluding hydrogens is 624 g/mol. The summed E-state index contributed by atoms with van der Waals surface area (Å²) in [5, 5.41) is 11.3. The minimum atomic E-state index is -0.372. The van der Waals surface area contributed by atoms with Crippen molar-refractivity contribution in [3.8, 4) is 22.4 Å². The number of carbonyl (C=O) groups excluding carboxylic acids is 1. The zero-order chi connectivity index (χ0) is 32.7. The molecule has 0 fully saturated rings. The highest BCUT2D eigenvalue weighted by molar-refractivity contribution is 5.90. The zero-order valence-electron chi connectivity index (χ0n) is 27.5. The third kappa shape index (κ3) is 6.81. The molecule has 10 nitrogen and oxygen atoms in total. The summed E-state index contributed by atoms with van der Waals surface area (Å²) in [4.78, 5) is 24.1. The number of aryl methyl sites for hydroxylation is 1. The summed E-state index contributed by atoms with van der Waals surface area (Å²) in [6.45, 7) is 11.2. The molecule has 246 valence electrons. The van der Waals surface area contributed by atoms with E-state index in [2.05, 4.69) is 79.1 Å². The first-order valence-electron chi connectivity index (χ1n) is 15.9. The molecule has 1 aliphatic rings. The van der Waals surface area contributed by atoms with Gasteiger partial charge in [0.25, 0.3) is 11.7 Å². The zero-order valence-corrected chi connectivity index (χ0v) is 28.3. The molecule has 0 atom stereocenters. The topological polar surface area (TPSA) is 127 Å². The van der Waals surface area contributed by atoms with Gasteiger partial charge in [-0.2, -0.15) is 10.1 Å². The summed E-state index contributed by atoms with van der Waals surface area (Å²) in [6, 6.07) is 23.2. The molecule has 1 amide bonds. The molecule has 3 aromatic carbocycles. The van der Waals surface area contributed by atoms with Crippen molar-refractivity contribution in [3.63, 3.8) is 0 Å². The average Bonchev–Trinajstić information content (AvgIpc) is 3.81. The summed E-state index contributed by atoms with van der Waals surface area (Å²) in [5.41, 5.74) is 17.4. The van der Waals surface area contributed by atoms with Crippen molar-refractivity contribution in [1.29, 1.82) is 0 Å². The van der Waals surface area contributed by atoms with Crippen LogP contribution in [-0.4, -0.2) is 42.1 Å². The van der Waals surface area contributed by atoms with Crippen LogP contribution in [0.25, 0.3) is 27.9 Å². The number of nitrogens with zero attached hydrogens (tertiary/aromatic N) is 6. The van der Waals surface area contributed by atoms with Crippen LogP contribution in [0, 0.1) is 6.92 Å². The number of carbonyl (C=O) groups is 1. The van der Waals surface area contributed by atoms with Crippen molar-refractivity contribution in [2.45, 2.75) is 59.2 Å². The first-order valence-corrected chi connectivity index (χ1v) is 15.9. The molecule has 6 aromatic rings. The minimum Gasteiger partial charge on any atom is -0.399 e. The van der Waals surface area contributed by atoms with Crippen LogP contribution in [0.2, 0.25) is 0 Å². The van der Waals surface area contributed by atoms with Gasteiger partial charge in [0.15, 0.2) is 0 Å². The van der Waals surface area contributed by atoms with Gasteiger partial charge in [0.05, 0.1) is 11.2 Å². The van der Waals surface area contributed by atoms with Crippen LogP contribution in [0.1, 0.15) is 65.1 Å². The number of benzene rings is 3. The standard InChI is InChI=1S/C37H38N8O2.ClH/c1-23-15-26(8-9-27(23)18-39-35(46)34-42-36(47-43-34)37(2,3)4)33-32-17-30(21-45(32)41-22-40-33)25-7-10-28-19-44(20-29(28)16-25)14-13-24-5-11-31(38)12-6-24;/h5-12,15-17,21-22H,13-14,18-20,38H2,1-4H3,(H,39,46);1H. The number of fused-ring (bicyclic) bond motifs is 2. The van der Waals surface area contributed by atoms with E-state index in [4.69, 9.17) is 10.3 Å². The predicted octanol–water partition coefficient (Wildman–Crippen LogP) is 6.54. The fraction of sp³-hybridized carbons (Fsp3) is 0.270. The maximum Gasteiger partial charge on any atom is 0.292 e. The largest absolute Gasteiger partial charge is 0.399 e. The van der Waals surface area contributed by atoms with Gasteiger partial charge in [-0.05, 0) is 77.1 Å². The smallest absolute Gasteiger partial charge is 0.292 e. The molecule has 0 spiro atoms. The number of anilines is 1. The van der Waals surface area contributed by atoms with Crippen LogP contribution in [0.3, 0.4) is 0 Å². The van der Waals surface area contributed by atoms with Gasteiger partial charge in [-0.15, -0.1) is 12.4 Å². The van der Waals surface area contributed by atoms with Gasteiger partial charge in [0, 0.05) is 54.6 Å². The highest BCUT2D eigenvalue weighted by Gasteiger charge is 2.24. The Labute approximate surface area is 285 Å². The van der Waals surface area contributed by atoms with Crippen LogP contribution in [-0.2, 0) is 31.5 Å². The molecule has 0 unspecified atom stereocenters. The maximum atomic E-state index is 12.7. The molecule has 7 rings (SSSR count). The highest BCUT2D eigenvalue weighted by Crippen LogP contribution is 2.32. The molecule has 48 heavy (non-hydrogen) atoms. The maximum absolute atomic E-state index is 12.7. The second kappa shape index (κ2) is 13.2. The first kappa shape index (κ1) is 32.9. The molecule has 3 aromatic heterocycles. The summed E-state index contributed by atoms with van der Waals surface area (Å²) < 4.78 is 7.16. The van der Waals surface area contributed by atoms with Gasteiger partial charge in [0.2, 0.25) is 5.89 Å². The van der Waals surface area contributed by atoms with Gasteiger partial charge >= 0.3 is 0 Å². The lowest BCUT2D eigenvalue weighted by molar-refractivity contribution is 0.0937. The molecule has 4 heterocycles. The van der Waals surface area contributed by atoms with Gasteiger partial charge in [-0.3, -0.25) is 9.69 Å². The molecular formula is C37H39ClN8O2. The van der Waals surface area contributed by atoms with Crippen molar-refractivity contribution in [2.75, 3.05) is 12.3 Å². The van der Waals surface area contributed by atoms with E-state index in [0.29, 0.717) is 12.4 Å². The molecule has 0 saturated carbocycles. The Bertz CT molecular complexity index is 2100. The number of nitrogens with one attached hydrogen (secondary N) is 1. The second-order valence-electron chi connectivity index (χ2n) is 13.4. The van der Waals surface area contributed by atoms with E-state index < -0.39 is 0 Å². The van der Waals surface area contributed by atoms with E-state index >= 15 is 0 Å². The summed E-state index contributed by atoms with van der Waals surface area (Å²) in [6.07, 6.45) is 4.66. The van der Waals surface area contributed by atoms with Gasteiger partial charge in [0.1, 0.15) is 6.33 Å². The number of amides is 1. The number of rotatable bonds is 8. The summed E-state index contributed by atoms with van der Waals surface area (Å²) in [5.74, 6) is 0.0899. The van der Waals surface area contributed by atoms with Crippen LogP contribution >= 0.6 is 12.4 Å². The normalized spacial score (nSPS) is 13.0. The quantitative estimate of drug-likeness (QED) is 0.176. The number of aromatic nitrogens is 5. The third-order valence-corrected chi connectivity index (χ3v) is 8.76. The number of hydrogen-bond donors (Lipinski definition) is 2. The lowest BCUT2D eigenvalue weighted by atomic mass is 9.97. The number of nitrogens with two attached hydrogens (primary N) is 1. The lowest BCUT2D eigenvalue weighted by Crippen LogP contribution is -2.24. The van der Waals surface area contributed by atoms with Gasteiger partial charge in [-0.25, -0.2) is 9.50 Å². The monoisotopic (exact) mass is 662 g/mol. The van der Waals surface area contributed by atoms with Crippen molar-refractivity contribution < 1.29 is 9.32 Å².